The molecular weight excluding hydrogens is 334 g/mol. The lowest BCUT2D eigenvalue weighted by atomic mass is 9.91. The molecule has 0 fully saturated rings. The third kappa shape index (κ3) is 3.55. The number of nitrogens with one attached hydrogen (secondary N) is 1. The minimum atomic E-state index is -0.970. The number of aryl methyl sites for hydroxylation is 3. The first-order valence-electron chi connectivity index (χ1n) is 9.01. The molecule has 0 unspecified atom stereocenters. The summed E-state index contributed by atoms with van der Waals surface area (Å²) in [6.45, 7) is 7.54. The van der Waals surface area contributed by atoms with Gasteiger partial charge in [0.1, 0.15) is 0 Å². The lowest BCUT2D eigenvalue weighted by Crippen LogP contribution is -2.38. The molecule has 0 spiro atoms. The first kappa shape index (κ1) is 18.3. The molecule has 8 heteroatoms. The summed E-state index contributed by atoms with van der Waals surface area (Å²) in [4.78, 5) is 27.5. The zero-order valence-electron chi connectivity index (χ0n) is 15.4. The Morgan fingerprint density at radius 2 is 2.19 bits per heavy atom. The number of rotatable bonds is 6. The van der Waals surface area contributed by atoms with Crippen LogP contribution < -0.4 is 11.0 Å². The van der Waals surface area contributed by atoms with Crippen LogP contribution in [0.3, 0.4) is 0 Å². The first-order valence-corrected chi connectivity index (χ1v) is 9.01. The highest BCUT2D eigenvalue weighted by atomic mass is 16.4. The van der Waals surface area contributed by atoms with Gasteiger partial charge in [-0.2, -0.15) is 10.1 Å². The van der Waals surface area contributed by atoms with E-state index in [4.69, 9.17) is 0 Å². The maximum atomic E-state index is 12.0. The largest absolute Gasteiger partial charge is 0.476 e. The molecular formula is C18H25N5O3. The Morgan fingerprint density at radius 1 is 1.42 bits per heavy atom. The van der Waals surface area contributed by atoms with Crippen molar-refractivity contribution in [2.45, 2.75) is 59.2 Å². The van der Waals surface area contributed by atoms with Crippen LogP contribution in [-0.2, 0) is 25.9 Å². The van der Waals surface area contributed by atoms with Crippen LogP contribution >= 0.6 is 0 Å². The highest BCUT2D eigenvalue weighted by Gasteiger charge is 2.28. The molecule has 0 saturated carbocycles. The molecule has 0 radical (unpaired) electrons. The topological polar surface area (TPSA) is 102 Å². The Labute approximate surface area is 151 Å². The van der Waals surface area contributed by atoms with E-state index >= 15 is 0 Å². The molecule has 0 saturated heterocycles. The van der Waals surface area contributed by atoms with Gasteiger partial charge in [0.05, 0.1) is 0 Å². The molecule has 1 atom stereocenters. The number of hydrogen-bond donors (Lipinski definition) is 2. The second-order valence-corrected chi connectivity index (χ2v) is 6.76. The van der Waals surface area contributed by atoms with Gasteiger partial charge >= 0.3 is 11.7 Å². The van der Waals surface area contributed by atoms with E-state index in [9.17, 15) is 14.7 Å². The number of fused-ring (bicyclic) bond motifs is 1. The van der Waals surface area contributed by atoms with E-state index in [1.54, 1.807) is 9.25 Å². The van der Waals surface area contributed by atoms with Gasteiger partial charge in [-0.05, 0) is 46.1 Å². The SMILES string of the molecule is CCn1nc(C(=O)O)c2c1CC[C@H](NCCn1c(C)cc(C)nc1=O)C2. The number of aromatic carboxylic acids is 1. The average Bonchev–Trinajstić information content (AvgIpc) is 2.95. The van der Waals surface area contributed by atoms with Gasteiger partial charge in [-0.25, -0.2) is 9.59 Å². The van der Waals surface area contributed by atoms with Crippen LogP contribution in [0.2, 0.25) is 0 Å². The third-order valence-corrected chi connectivity index (χ3v) is 4.96. The summed E-state index contributed by atoms with van der Waals surface area (Å²) in [5.74, 6) is -0.970. The zero-order chi connectivity index (χ0) is 18.8. The lowest BCUT2D eigenvalue weighted by molar-refractivity contribution is 0.0688. The van der Waals surface area contributed by atoms with Crippen molar-refractivity contribution in [3.63, 3.8) is 0 Å². The predicted octanol–water partition coefficient (Wildman–Crippen LogP) is 0.922. The summed E-state index contributed by atoms with van der Waals surface area (Å²) >= 11 is 0. The first-order chi connectivity index (χ1) is 12.4. The highest BCUT2D eigenvalue weighted by Crippen LogP contribution is 2.25. The Kier molecular flexibility index (Phi) is 5.22. The van der Waals surface area contributed by atoms with Crippen molar-refractivity contribution in [2.75, 3.05) is 6.54 Å². The normalized spacial score (nSPS) is 16.5. The summed E-state index contributed by atoms with van der Waals surface area (Å²) in [5, 5.41) is 17.1. The third-order valence-electron chi connectivity index (χ3n) is 4.96. The number of hydrogen-bond acceptors (Lipinski definition) is 5. The number of nitrogens with zero attached hydrogens (tertiary/aromatic N) is 4. The standard InChI is InChI=1S/C18H25N5O3/c1-4-23-15-6-5-13(10-14(15)16(21-23)17(24)25)19-7-8-22-12(3)9-11(2)20-18(22)26/h9,13,19H,4-8,10H2,1-3H3,(H,24,25)/t13-/m0/s1. The predicted molar refractivity (Wildman–Crippen MR) is 96.6 cm³/mol. The van der Waals surface area contributed by atoms with E-state index in [0.29, 0.717) is 26.1 Å². The Bertz CT molecular complexity index is 884. The number of carbonyl (C=O) groups is 1. The number of carboxylic acid groups (broad SMARTS) is 1. The Balaban J connectivity index is 1.66. The molecule has 3 rings (SSSR count). The van der Waals surface area contributed by atoms with Crippen LogP contribution in [0.15, 0.2) is 10.9 Å². The fourth-order valence-corrected chi connectivity index (χ4v) is 3.72. The average molecular weight is 359 g/mol. The van der Waals surface area contributed by atoms with Crippen molar-refractivity contribution < 1.29 is 9.90 Å². The zero-order valence-corrected chi connectivity index (χ0v) is 15.4. The maximum absolute atomic E-state index is 12.0. The van der Waals surface area contributed by atoms with Crippen molar-refractivity contribution in [1.82, 2.24) is 24.6 Å². The molecule has 0 aromatic carbocycles. The molecule has 0 amide bonds. The van der Waals surface area contributed by atoms with Crippen LogP contribution in [0.25, 0.3) is 0 Å². The molecule has 1 aliphatic carbocycles. The van der Waals surface area contributed by atoms with Gasteiger partial charge in [0.25, 0.3) is 0 Å². The molecule has 0 aliphatic heterocycles. The molecule has 140 valence electrons. The van der Waals surface area contributed by atoms with Crippen molar-refractivity contribution >= 4 is 5.97 Å². The van der Waals surface area contributed by atoms with E-state index in [-0.39, 0.29) is 17.4 Å². The Morgan fingerprint density at radius 3 is 2.85 bits per heavy atom. The van der Waals surface area contributed by atoms with Crippen molar-refractivity contribution in [3.8, 4) is 0 Å². The number of aromatic nitrogens is 4. The summed E-state index contributed by atoms with van der Waals surface area (Å²) in [7, 11) is 0. The van der Waals surface area contributed by atoms with E-state index in [1.807, 2.05) is 26.8 Å². The number of carboxylic acids is 1. The lowest BCUT2D eigenvalue weighted by Gasteiger charge is -2.24. The van der Waals surface area contributed by atoms with Gasteiger partial charge in [-0.3, -0.25) is 9.25 Å². The van der Waals surface area contributed by atoms with E-state index < -0.39 is 5.97 Å². The van der Waals surface area contributed by atoms with Crippen LogP contribution in [0, 0.1) is 13.8 Å². The smallest absolute Gasteiger partial charge is 0.356 e. The maximum Gasteiger partial charge on any atom is 0.356 e. The van der Waals surface area contributed by atoms with Gasteiger partial charge < -0.3 is 10.4 Å². The van der Waals surface area contributed by atoms with Crippen LogP contribution in [-0.4, -0.2) is 43.0 Å². The molecule has 8 nitrogen and oxygen atoms in total. The summed E-state index contributed by atoms with van der Waals surface area (Å²) < 4.78 is 3.46. The van der Waals surface area contributed by atoms with Crippen LogP contribution in [0.1, 0.15) is 46.5 Å². The fourth-order valence-electron chi connectivity index (χ4n) is 3.72. The second kappa shape index (κ2) is 7.41. The summed E-state index contributed by atoms with van der Waals surface area (Å²) in [6.07, 6.45) is 2.39. The molecule has 26 heavy (non-hydrogen) atoms. The van der Waals surface area contributed by atoms with Gasteiger partial charge in [0.15, 0.2) is 5.69 Å². The summed E-state index contributed by atoms with van der Waals surface area (Å²) in [5.41, 5.74) is 3.44. The van der Waals surface area contributed by atoms with Crippen LogP contribution in [0.5, 0.6) is 0 Å². The molecule has 2 N–H and O–H groups in total. The second-order valence-electron chi connectivity index (χ2n) is 6.76. The highest BCUT2D eigenvalue weighted by molar-refractivity contribution is 5.87. The van der Waals surface area contributed by atoms with Gasteiger partial charge in [-0.15, -0.1) is 0 Å². The van der Waals surface area contributed by atoms with Gasteiger partial charge in [0, 0.05) is 48.3 Å². The Hall–Kier alpha value is -2.48. The molecule has 2 heterocycles. The quantitative estimate of drug-likeness (QED) is 0.795. The van der Waals surface area contributed by atoms with Crippen molar-refractivity contribution in [3.05, 3.63) is 44.9 Å². The fraction of sp³-hybridized carbons (Fsp3) is 0.556. The molecule has 2 aromatic rings. The minimum Gasteiger partial charge on any atom is -0.476 e. The van der Waals surface area contributed by atoms with E-state index in [0.717, 1.165) is 35.5 Å². The van der Waals surface area contributed by atoms with Crippen molar-refractivity contribution in [2.24, 2.45) is 0 Å². The molecule has 2 aromatic heterocycles. The van der Waals surface area contributed by atoms with Gasteiger partial charge in [-0.1, -0.05) is 0 Å². The monoisotopic (exact) mass is 359 g/mol. The molecule has 1 aliphatic rings. The molecule has 0 bridgehead atoms. The summed E-state index contributed by atoms with van der Waals surface area (Å²) in [6, 6.07) is 2.08. The van der Waals surface area contributed by atoms with Gasteiger partial charge in [0.2, 0.25) is 0 Å². The van der Waals surface area contributed by atoms with E-state index in [1.165, 1.54) is 0 Å². The van der Waals surface area contributed by atoms with Crippen LogP contribution in [0.4, 0.5) is 0 Å². The minimum absolute atomic E-state index is 0.170. The van der Waals surface area contributed by atoms with Crippen molar-refractivity contribution in [1.29, 1.82) is 0 Å². The van der Waals surface area contributed by atoms with E-state index in [2.05, 4.69) is 15.4 Å².